The van der Waals surface area contributed by atoms with Gasteiger partial charge in [0.05, 0.1) is 4.92 Å². The number of hydrogen-bond donors (Lipinski definition) is 1. The number of amides is 1. The Balaban J connectivity index is 2.33. The molecule has 7 heteroatoms. The van der Waals surface area contributed by atoms with Gasteiger partial charge in [0.2, 0.25) is 11.7 Å². The third-order valence-electron chi connectivity index (χ3n) is 3.24. The molecule has 6 nitrogen and oxygen atoms in total. The Morgan fingerprint density at radius 2 is 2.10 bits per heavy atom. The van der Waals surface area contributed by atoms with E-state index in [0.717, 1.165) is 31.0 Å². The highest BCUT2D eigenvalue weighted by atomic mass is 19.1. The van der Waals surface area contributed by atoms with Crippen molar-refractivity contribution in [2.24, 2.45) is 0 Å². The van der Waals surface area contributed by atoms with Gasteiger partial charge >= 0.3 is 5.69 Å². The molecule has 2 rings (SSSR count). The van der Waals surface area contributed by atoms with E-state index in [1.165, 1.54) is 6.92 Å². The molecule has 1 aliphatic carbocycles. The number of ether oxygens (including phenoxy) is 1. The van der Waals surface area contributed by atoms with Crippen molar-refractivity contribution in [3.8, 4) is 5.75 Å². The minimum atomic E-state index is -0.982. The molecule has 1 saturated carbocycles. The number of nitrogens with one attached hydrogen (secondary N) is 1. The molecule has 1 N–H and O–H groups in total. The molecule has 0 aromatic heterocycles. The molecule has 1 fully saturated rings. The standard InChI is InChI=1S/C13H15FN2O4/c1-9(17)15-13(6-2-3-7-13)20-12-8-10(14)4-5-11(12)16(18)19/h4-5,8H,2-3,6-7H2,1H3,(H,15,17). The number of halogens is 1. The lowest BCUT2D eigenvalue weighted by Crippen LogP contribution is -2.50. The number of benzene rings is 1. The zero-order valence-corrected chi connectivity index (χ0v) is 11.0. The van der Waals surface area contributed by atoms with E-state index in [1.807, 2.05) is 0 Å². The van der Waals surface area contributed by atoms with Crippen molar-refractivity contribution in [1.29, 1.82) is 0 Å². The molecular weight excluding hydrogens is 267 g/mol. The van der Waals surface area contributed by atoms with E-state index in [2.05, 4.69) is 5.32 Å². The summed E-state index contributed by atoms with van der Waals surface area (Å²) < 4.78 is 18.9. The van der Waals surface area contributed by atoms with Crippen LogP contribution in [0.4, 0.5) is 10.1 Å². The van der Waals surface area contributed by atoms with Crippen molar-refractivity contribution in [1.82, 2.24) is 5.32 Å². The van der Waals surface area contributed by atoms with Gasteiger partial charge < -0.3 is 10.1 Å². The first-order valence-corrected chi connectivity index (χ1v) is 6.34. The number of nitro benzene ring substituents is 1. The van der Waals surface area contributed by atoms with Gasteiger partial charge in [-0.2, -0.15) is 0 Å². The van der Waals surface area contributed by atoms with Crippen LogP contribution in [0.1, 0.15) is 32.6 Å². The molecule has 0 aliphatic heterocycles. The fourth-order valence-corrected chi connectivity index (χ4v) is 2.45. The molecule has 0 radical (unpaired) electrons. The second kappa shape index (κ2) is 5.44. The van der Waals surface area contributed by atoms with Crippen LogP contribution in [-0.2, 0) is 4.79 Å². The van der Waals surface area contributed by atoms with Crippen molar-refractivity contribution in [2.45, 2.75) is 38.3 Å². The van der Waals surface area contributed by atoms with Gasteiger partial charge in [-0.15, -0.1) is 0 Å². The highest BCUT2D eigenvalue weighted by molar-refractivity contribution is 5.73. The summed E-state index contributed by atoms with van der Waals surface area (Å²) in [6.07, 6.45) is 2.76. The summed E-state index contributed by atoms with van der Waals surface area (Å²) in [7, 11) is 0. The maximum atomic E-state index is 13.3. The molecule has 1 aromatic rings. The Bertz CT molecular complexity index is 541. The summed E-state index contributed by atoms with van der Waals surface area (Å²) in [5.41, 5.74) is -1.30. The minimum Gasteiger partial charge on any atom is -0.461 e. The van der Waals surface area contributed by atoms with Gasteiger partial charge in [0, 0.05) is 31.9 Å². The van der Waals surface area contributed by atoms with Crippen molar-refractivity contribution in [3.05, 3.63) is 34.1 Å². The Labute approximate surface area is 115 Å². The molecule has 1 amide bonds. The van der Waals surface area contributed by atoms with Crippen molar-refractivity contribution in [2.75, 3.05) is 0 Å². The molecule has 0 saturated heterocycles. The molecule has 20 heavy (non-hydrogen) atoms. The maximum absolute atomic E-state index is 13.3. The summed E-state index contributed by atoms with van der Waals surface area (Å²) in [6, 6.07) is 3.03. The average Bonchev–Trinajstić information content (AvgIpc) is 2.75. The molecule has 1 aliphatic rings. The lowest BCUT2D eigenvalue weighted by Gasteiger charge is -2.30. The number of carbonyl (C=O) groups is 1. The van der Waals surface area contributed by atoms with E-state index < -0.39 is 16.5 Å². The predicted octanol–water partition coefficient (Wildman–Crippen LogP) is 2.52. The number of nitro groups is 1. The molecule has 0 bridgehead atoms. The Morgan fingerprint density at radius 1 is 1.45 bits per heavy atom. The lowest BCUT2D eigenvalue weighted by molar-refractivity contribution is -0.386. The summed E-state index contributed by atoms with van der Waals surface area (Å²) in [6.45, 7) is 1.35. The number of hydrogen-bond acceptors (Lipinski definition) is 4. The van der Waals surface area contributed by atoms with Gasteiger partial charge in [0.25, 0.3) is 0 Å². The second-order valence-corrected chi connectivity index (χ2v) is 4.85. The van der Waals surface area contributed by atoms with E-state index in [1.54, 1.807) is 0 Å². The first-order chi connectivity index (χ1) is 9.42. The Kier molecular flexibility index (Phi) is 3.87. The first-order valence-electron chi connectivity index (χ1n) is 6.34. The van der Waals surface area contributed by atoms with Crippen LogP contribution in [0, 0.1) is 15.9 Å². The van der Waals surface area contributed by atoms with Gasteiger partial charge in [-0.05, 0) is 18.9 Å². The predicted molar refractivity (Wildman–Crippen MR) is 68.7 cm³/mol. The van der Waals surface area contributed by atoms with E-state index in [-0.39, 0.29) is 17.3 Å². The molecule has 0 atom stereocenters. The monoisotopic (exact) mass is 282 g/mol. The van der Waals surface area contributed by atoms with Crippen LogP contribution in [0.2, 0.25) is 0 Å². The highest BCUT2D eigenvalue weighted by Gasteiger charge is 2.38. The molecule has 0 spiro atoms. The van der Waals surface area contributed by atoms with E-state index in [0.29, 0.717) is 12.8 Å². The summed E-state index contributed by atoms with van der Waals surface area (Å²) in [5, 5.41) is 13.6. The SMILES string of the molecule is CC(=O)NC1(Oc2cc(F)ccc2[N+](=O)[O-])CCCC1. The fourth-order valence-electron chi connectivity index (χ4n) is 2.45. The number of nitrogens with zero attached hydrogens (tertiary/aromatic N) is 1. The third kappa shape index (κ3) is 3.04. The summed E-state index contributed by atoms with van der Waals surface area (Å²) in [5.74, 6) is -1.07. The molecule has 1 aromatic carbocycles. The number of rotatable bonds is 4. The van der Waals surface area contributed by atoms with Crippen molar-refractivity contribution in [3.63, 3.8) is 0 Å². The lowest BCUT2D eigenvalue weighted by atomic mass is 10.1. The normalized spacial score (nSPS) is 16.7. The molecule has 108 valence electrons. The van der Waals surface area contributed by atoms with Gasteiger partial charge in [-0.25, -0.2) is 4.39 Å². The van der Waals surface area contributed by atoms with Crippen LogP contribution in [-0.4, -0.2) is 16.6 Å². The maximum Gasteiger partial charge on any atom is 0.311 e. The van der Waals surface area contributed by atoms with E-state index >= 15 is 0 Å². The van der Waals surface area contributed by atoms with Crippen LogP contribution < -0.4 is 10.1 Å². The van der Waals surface area contributed by atoms with Crippen LogP contribution in [0.15, 0.2) is 18.2 Å². The topological polar surface area (TPSA) is 81.5 Å². The third-order valence-corrected chi connectivity index (χ3v) is 3.24. The molecule has 0 unspecified atom stereocenters. The van der Waals surface area contributed by atoms with E-state index in [4.69, 9.17) is 4.74 Å². The minimum absolute atomic E-state index is 0.161. The number of carbonyl (C=O) groups excluding carboxylic acids is 1. The largest absolute Gasteiger partial charge is 0.461 e. The Morgan fingerprint density at radius 3 is 2.65 bits per heavy atom. The van der Waals surface area contributed by atoms with Gasteiger partial charge in [-0.3, -0.25) is 14.9 Å². The summed E-state index contributed by atoms with van der Waals surface area (Å²) in [4.78, 5) is 21.6. The van der Waals surface area contributed by atoms with Crippen LogP contribution >= 0.6 is 0 Å². The van der Waals surface area contributed by atoms with Gasteiger partial charge in [-0.1, -0.05) is 0 Å². The highest BCUT2D eigenvalue weighted by Crippen LogP contribution is 2.36. The Hall–Kier alpha value is -2.18. The van der Waals surface area contributed by atoms with Crippen LogP contribution in [0.5, 0.6) is 5.75 Å². The average molecular weight is 282 g/mol. The second-order valence-electron chi connectivity index (χ2n) is 4.85. The fraction of sp³-hybridized carbons (Fsp3) is 0.462. The van der Waals surface area contributed by atoms with Gasteiger partial charge in [0.15, 0.2) is 5.72 Å². The van der Waals surface area contributed by atoms with Crippen LogP contribution in [0.3, 0.4) is 0 Å². The van der Waals surface area contributed by atoms with Crippen LogP contribution in [0.25, 0.3) is 0 Å². The molecular formula is C13H15FN2O4. The van der Waals surface area contributed by atoms with Gasteiger partial charge in [0.1, 0.15) is 5.82 Å². The van der Waals surface area contributed by atoms with Crippen molar-refractivity contribution >= 4 is 11.6 Å². The summed E-state index contributed by atoms with van der Waals surface area (Å²) >= 11 is 0. The van der Waals surface area contributed by atoms with Crippen molar-refractivity contribution < 1.29 is 18.8 Å². The zero-order chi connectivity index (χ0) is 14.8. The first kappa shape index (κ1) is 14.2. The molecule has 0 heterocycles. The van der Waals surface area contributed by atoms with E-state index in [9.17, 15) is 19.3 Å². The zero-order valence-electron chi connectivity index (χ0n) is 11.0. The quantitative estimate of drug-likeness (QED) is 0.522. The smallest absolute Gasteiger partial charge is 0.311 e.